The minimum atomic E-state index is -0.370. The first-order chi connectivity index (χ1) is 8.15. The van der Waals surface area contributed by atoms with Crippen molar-refractivity contribution in [2.75, 3.05) is 5.32 Å². The van der Waals surface area contributed by atoms with Gasteiger partial charge in [0, 0.05) is 16.2 Å². The fourth-order valence-corrected chi connectivity index (χ4v) is 1.65. The molecule has 0 radical (unpaired) electrons. The van der Waals surface area contributed by atoms with Crippen LogP contribution in [0.25, 0.3) is 0 Å². The number of anilines is 1. The fraction of sp³-hybridized carbons (Fsp3) is 0. The monoisotopic (exact) mass is 294 g/mol. The maximum absolute atomic E-state index is 12.7. The summed E-state index contributed by atoms with van der Waals surface area (Å²) in [6.07, 6.45) is 3.15. The summed E-state index contributed by atoms with van der Waals surface area (Å²) in [5, 5.41) is 2.66. The zero-order chi connectivity index (χ0) is 12.3. The van der Waals surface area contributed by atoms with E-state index in [4.69, 9.17) is 0 Å². The van der Waals surface area contributed by atoms with E-state index in [1.165, 1.54) is 30.5 Å². The highest BCUT2D eigenvalue weighted by Gasteiger charge is 2.06. The zero-order valence-electron chi connectivity index (χ0n) is 8.65. The molecule has 3 nitrogen and oxygen atoms in total. The quantitative estimate of drug-likeness (QED) is 0.924. The van der Waals surface area contributed by atoms with E-state index in [2.05, 4.69) is 26.2 Å². The lowest BCUT2D eigenvalue weighted by Gasteiger charge is -2.04. The third-order valence-corrected chi connectivity index (χ3v) is 2.50. The molecule has 0 fully saturated rings. The summed E-state index contributed by atoms with van der Waals surface area (Å²) in [7, 11) is 0. The molecular weight excluding hydrogens is 287 g/mol. The first-order valence-corrected chi connectivity index (χ1v) is 5.62. The Balaban J connectivity index is 2.14. The molecule has 0 aliphatic carbocycles. The number of aromatic nitrogens is 1. The van der Waals surface area contributed by atoms with Crippen LogP contribution in [0, 0.1) is 5.82 Å². The Labute approximate surface area is 106 Å². The topological polar surface area (TPSA) is 42.0 Å². The van der Waals surface area contributed by atoms with E-state index in [0.29, 0.717) is 11.3 Å². The van der Waals surface area contributed by atoms with Gasteiger partial charge < -0.3 is 5.32 Å². The van der Waals surface area contributed by atoms with Crippen LogP contribution in [0.5, 0.6) is 0 Å². The van der Waals surface area contributed by atoms with Crippen LogP contribution in [0.15, 0.2) is 47.2 Å². The highest BCUT2D eigenvalue weighted by Crippen LogP contribution is 2.14. The Morgan fingerprint density at radius 2 is 1.94 bits per heavy atom. The highest BCUT2D eigenvalue weighted by atomic mass is 79.9. The Bertz CT molecular complexity index is 542. The van der Waals surface area contributed by atoms with E-state index in [1.807, 2.05) is 0 Å². The van der Waals surface area contributed by atoms with E-state index < -0.39 is 0 Å². The zero-order valence-corrected chi connectivity index (χ0v) is 10.2. The summed E-state index contributed by atoms with van der Waals surface area (Å²) in [5.74, 6) is -0.671. The van der Waals surface area contributed by atoms with Crippen molar-refractivity contribution in [1.29, 1.82) is 0 Å². The highest BCUT2D eigenvalue weighted by molar-refractivity contribution is 9.10. The number of halogens is 2. The number of hydrogen-bond acceptors (Lipinski definition) is 2. The van der Waals surface area contributed by atoms with Crippen molar-refractivity contribution in [1.82, 2.24) is 4.98 Å². The predicted molar refractivity (Wildman–Crippen MR) is 66.3 cm³/mol. The summed E-state index contributed by atoms with van der Waals surface area (Å²) in [6, 6.07) is 7.07. The molecule has 5 heteroatoms. The van der Waals surface area contributed by atoms with Crippen LogP contribution in [-0.4, -0.2) is 10.9 Å². The second-order valence-corrected chi connectivity index (χ2v) is 4.27. The lowest BCUT2D eigenvalue weighted by atomic mass is 10.2. The largest absolute Gasteiger partial charge is 0.321 e. The molecule has 0 bridgehead atoms. The van der Waals surface area contributed by atoms with Gasteiger partial charge >= 0.3 is 0 Å². The third kappa shape index (κ3) is 3.10. The molecular formula is C12H8BrFN2O. The van der Waals surface area contributed by atoms with Crippen LogP contribution < -0.4 is 5.32 Å². The summed E-state index contributed by atoms with van der Waals surface area (Å²) in [6.45, 7) is 0. The number of nitrogens with zero attached hydrogens (tertiary/aromatic N) is 1. The fourth-order valence-electron chi connectivity index (χ4n) is 1.28. The number of rotatable bonds is 2. The lowest BCUT2D eigenvalue weighted by molar-refractivity contribution is 0.102. The number of carbonyl (C=O) groups is 1. The Morgan fingerprint density at radius 1 is 1.24 bits per heavy atom. The number of carbonyl (C=O) groups excluding carboxylic acids is 1. The SMILES string of the molecule is O=C(Nc1cncc(Br)c1)c1ccc(F)cc1. The number of amides is 1. The molecule has 17 heavy (non-hydrogen) atoms. The first kappa shape index (κ1) is 11.7. The molecule has 1 amide bonds. The number of benzene rings is 1. The average molecular weight is 295 g/mol. The molecule has 2 aromatic rings. The molecule has 2 rings (SSSR count). The molecule has 1 aromatic carbocycles. The van der Waals surface area contributed by atoms with Crippen molar-refractivity contribution in [2.45, 2.75) is 0 Å². The molecule has 0 aliphatic heterocycles. The van der Waals surface area contributed by atoms with E-state index in [1.54, 1.807) is 12.3 Å². The van der Waals surface area contributed by atoms with Gasteiger partial charge in [-0.1, -0.05) is 0 Å². The van der Waals surface area contributed by atoms with Crippen molar-refractivity contribution in [3.8, 4) is 0 Å². The van der Waals surface area contributed by atoms with E-state index in [-0.39, 0.29) is 11.7 Å². The van der Waals surface area contributed by atoms with Gasteiger partial charge in [0.25, 0.3) is 5.91 Å². The van der Waals surface area contributed by atoms with E-state index in [9.17, 15) is 9.18 Å². The average Bonchev–Trinajstić information content (AvgIpc) is 2.29. The van der Waals surface area contributed by atoms with Gasteiger partial charge in [0.2, 0.25) is 0 Å². The lowest BCUT2D eigenvalue weighted by Crippen LogP contribution is -2.11. The summed E-state index contributed by atoms with van der Waals surface area (Å²) >= 11 is 3.25. The molecule has 0 aliphatic rings. The van der Waals surface area contributed by atoms with Gasteiger partial charge in [-0.25, -0.2) is 4.39 Å². The Kier molecular flexibility index (Phi) is 3.49. The van der Waals surface area contributed by atoms with Crippen molar-refractivity contribution in [3.05, 3.63) is 58.6 Å². The van der Waals surface area contributed by atoms with E-state index in [0.717, 1.165) is 4.47 Å². The standard InChI is InChI=1S/C12H8BrFN2O/c13-9-5-11(7-15-6-9)16-12(17)8-1-3-10(14)4-2-8/h1-7H,(H,16,17). The summed E-state index contributed by atoms with van der Waals surface area (Å²) < 4.78 is 13.5. The Hall–Kier alpha value is -1.75. The van der Waals surface area contributed by atoms with Crippen LogP contribution in [-0.2, 0) is 0 Å². The maximum Gasteiger partial charge on any atom is 0.255 e. The Morgan fingerprint density at radius 3 is 2.59 bits per heavy atom. The van der Waals surface area contributed by atoms with Gasteiger partial charge in [-0.05, 0) is 46.3 Å². The smallest absolute Gasteiger partial charge is 0.255 e. The van der Waals surface area contributed by atoms with Crippen molar-refractivity contribution in [3.63, 3.8) is 0 Å². The molecule has 0 saturated carbocycles. The van der Waals surface area contributed by atoms with Crippen LogP contribution in [0.1, 0.15) is 10.4 Å². The van der Waals surface area contributed by atoms with Gasteiger partial charge in [0.05, 0.1) is 11.9 Å². The van der Waals surface area contributed by atoms with Crippen molar-refractivity contribution in [2.24, 2.45) is 0 Å². The second kappa shape index (κ2) is 5.05. The van der Waals surface area contributed by atoms with Gasteiger partial charge in [0.15, 0.2) is 0 Å². The van der Waals surface area contributed by atoms with Crippen molar-refractivity contribution < 1.29 is 9.18 Å². The summed E-state index contributed by atoms with van der Waals surface area (Å²) in [4.78, 5) is 15.7. The second-order valence-electron chi connectivity index (χ2n) is 3.35. The number of pyridine rings is 1. The molecule has 1 aromatic heterocycles. The van der Waals surface area contributed by atoms with Gasteiger partial charge in [-0.2, -0.15) is 0 Å². The molecule has 0 saturated heterocycles. The summed E-state index contributed by atoms with van der Waals surface area (Å²) in [5.41, 5.74) is 0.972. The molecule has 86 valence electrons. The number of nitrogens with one attached hydrogen (secondary N) is 1. The van der Waals surface area contributed by atoms with Crippen LogP contribution in [0.4, 0.5) is 10.1 Å². The molecule has 0 unspecified atom stereocenters. The van der Waals surface area contributed by atoms with Gasteiger partial charge in [-0.3, -0.25) is 9.78 Å². The van der Waals surface area contributed by atoms with Crippen LogP contribution in [0.3, 0.4) is 0 Å². The van der Waals surface area contributed by atoms with Crippen molar-refractivity contribution >= 4 is 27.5 Å². The molecule has 0 spiro atoms. The van der Waals surface area contributed by atoms with Gasteiger partial charge in [-0.15, -0.1) is 0 Å². The van der Waals surface area contributed by atoms with Crippen LogP contribution >= 0.6 is 15.9 Å². The maximum atomic E-state index is 12.7. The molecule has 1 N–H and O–H groups in total. The third-order valence-electron chi connectivity index (χ3n) is 2.07. The minimum Gasteiger partial charge on any atom is -0.321 e. The van der Waals surface area contributed by atoms with Gasteiger partial charge in [0.1, 0.15) is 5.82 Å². The number of hydrogen-bond donors (Lipinski definition) is 1. The minimum absolute atomic E-state index is 0.301. The first-order valence-electron chi connectivity index (χ1n) is 4.82. The molecule has 1 heterocycles. The normalized spacial score (nSPS) is 10.0. The van der Waals surface area contributed by atoms with E-state index >= 15 is 0 Å². The molecule has 0 atom stereocenters. The predicted octanol–water partition coefficient (Wildman–Crippen LogP) is 3.24. The van der Waals surface area contributed by atoms with Crippen LogP contribution in [0.2, 0.25) is 0 Å².